The zero-order valence-electron chi connectivity index (χ0n) is 8.37. The van der Waals surface area contributed by atoms with E-state index in [2.05, 4.69) is 29.6 Å². The molecule has 0 atom stereocenters. The minimum atomic E-state index is -1.53. The molecule has 0 aliphatic rings. The first-order valence-corrected chi connectivity index (χ1v) is 8.70. The molecule has 1 aromatic rings. The largest absolute Gasteiger partial charge is 0.531 e. The molecule has 1 heterocycles. The molecule has 0 aromatic carbocycles. The summed E-state index contributed by atoms with van der Waals surface area (Å²) in [6.07, 6.45) is 3.68. The number of hydrogen-bond donors (Lipinski definition) is 0. The molecular formula is C8H14N2OSSi. The van der Waals surface area contributed by atoms with E-state index in [0.717, 1.165) is 5.16 Å². The average Bonchev–Trinajstić information content (AvgIpc) is 2.01. The van der Waals surface area contributed by atoms with Gasteiger partial charge in [-0.2, -0.15) is 4.98 Å². The van der Waals surface area contributed by atoms with Crippen LogP contribution in [0.3, 0.4) is 0 Å². The molecule has 0 saturated heterocycles. The number of rotatable bonds is 3. The molecule has 0 bridgehead atoms. The lowest BCUT2D eigenvalue weighted by Crippen LogP contribution is -2.29. The second-order valence-corrected chi connectivity index (χ2v) is 8.80. The lowest BCUT2D eigenvalue weighted by atomic mass is 10.6. The molecule has 5 heteroatoms. The van der Waals surface area contributed by atoms with E-state index in [4.69, 9.17) is 4.43 Å². The number of aromatic nitrogens is 2. The van der Waals surface area contributed by atoms with E-state index < -0.39 is 8.32 Å². The molecular weight excluding hydrogens is 200 g/mol. The second kappa shape index (κ2) is 4.10. The third-order valence-corrected chi connectivity index (χ3v) is 2.58. The number of thioether (sulfide) groups is 1. The highest BCUT2D eigenvalue weighted by atomic mass is 32.2. The molecule has 0 aliphatic heterocycles. The topological polar surface area (TPSA) is 35.0 Å². The Balaban J connectivity index is 2.78. The van der Waals surface area contributed by atoms with Gasteiger partial charge in [-0.1, -0.05) is 11.8 Å². The van der Waals surface area contributed by atoms with E-state index in [1.807, 2.05) is 6.26 Å². The Morgan fingerprint density at radius 3 is 2.62 bits per heavy atom. The summed E-state index contributed by atoms with van der Waals surface area (Å²) >= 11 is 1.52. The molecule has 72 valence electrons. The van der Waals surface area contributed by atoms with Gasteiger partial charge in [0.25, 0.3) is 0 Å². The third-order valence-electron chi connectivity index (χ3n) is 1.20. The van der Waals surface area contributed by atoms with Crippen LogP contribution in [0.15, 0.2) is 17.4 Å². The minimum Gasteiger partial charge on any atom is -0.531 e. The molecule has 13 heavy (non-hydrogen) atoms. The van der Waals surface area contributed by atoms with Crippen LogP contribution in [0.2, 0.25) is 19.6 Å². The predicted molar refractivity (Wildman–Crippen MR) is 57.8 cm³/mol. The maximum atomic E-state index is 5.72. The number of nitrogens with zero attached hydrogens (tertiary/aromatic N) is 2. The summed E-state index contributed by atoms with van der Waals surface area (Å²) in [6, 6.07) is 1.80. The van der Waals surface area contributed by atoms with Crippen molar-refractivity contribution in [1.82, 2.24) is 9.97 Å². The van der Waals surface area contributed by atoms with Gasteiger partial charge in [-0.15, -0.1) is 0 Å². The zero-order valence-corrected chi connectivity index (χ0v) is 10.2. The summed E-state index contributed by atoms with van der Waals surface area (Å²) in [7, 11) is -1.53. The first kappa shape index (κ1) is 10.5. The Hall–Kier alpha value is -0.553. The molecule has 0 spiro atoms. The van der Waals surface area contributed by atoms with E-state index in [1.54, 1.807) is 12.3 Å². The van der Waals surface area contributed by atoms with Crippen LogP contribution in [0.4, 0.5) is 0 Å². The molecule has 0 saturated carbocycles. The van der Waals surface area contributed by atoms with Crippen molar-refractivity contribution in [3.8, 4) is 5.88 Å². The van der Waals surface area contributed by atoms with Crippen LogP contribution in [-0.4, -0.2) is 24.5 Å². The highest BCUT2D eigenvalue weighted by molar-refractivity contribution is 7.98. The zero-order chi connectivity index (χ0) is 9.90. The maximum absolute atomic E-state index is 5.72. The van der Waals surface area contributed by atoms with Gasteiger partial charge in [-0.25, -0.2) is 4.98 Å². The first-order chi connectivity index (χ1) is 6.01. The molecule has 0 unspecified atom stereocenters. The Morgan fingerprint density at radius 2 is 2.08 bits per heavy atom. The van der Waals surface area contributed by atoms with E-state index in [9.17, 15) is 0 Å². The summed E-state index contributed by atoms with van der Waals surface area (Å²) in [5.41, 5.74) is 0. The van der Waals surface area contributed by atoms with Crippen LogP contribution < -0.4 is 4.43 Å². The van der Waals surface area contributed by atoms with Crippen LogP contribution in [0, 0.1) is 0 Å². The van der Waals surface area contributed by atoms with E-state index in [0.29, 0.717) is 5.88 Å². The Bertz CT molecular complexity index is 288. The van der Waals surface area contributed by atoms with Gasteiger partial charge >= 0.3 is 0 Å². The monoisotopic (exact) mass is 214 g/mol. The Kier molecular flexibility index (Phi) is 3.32. The molecule has 0 N–H and O–H groups in total. The van der Waals surface area contributed by atoms with Gasteiger partial charge in [-0.05, 0) is 25.9 Å². The Labute approximate surface area is 84.1 Å². The fourth-order valence-corrected chi connectivity index (χ4v) is 1.88. The van der Waals surface area contributed by atoms with Gasteiger partial charge in [0.2, 0.25) is 14.2 Å². The van der Waals surface area contributed by atoms with E-state index in [-0.39, 0.29) is 0 Å². The fourth-order valence-electron chi connectivity index (χ4n) is 0.794. The first-order valence-electron chi connectivity index (χ1n) is 4.07. The molecule has 0 fully saturated rings. The minimum absolute atomic E-state index is 0.693. The molecule has 0 radical (unpaired) electrons. The summed E-state index contributed by atoms with van der Waals surface area (Å²) < 4.78 is 5.72. The van der Waals surface area contributed by atoms with Gasteiger partial charge in [0.05, 0.1) is 0 Å². The normalized spacial score (nSPS) is 11.4. The molecule has 0 amide bonds. The van der Waals surface area contributed by atoms with Crippen molar-refractivity contribution in [3.05, 3.63) is 12.3 Å². The van der Waals surface area contributed by atoms with Crippen LogP contribution in [0.25, 0.3) is 0 Å². The van der Waals surface area contributed by atoms with Gasteiger partial charge in [0, 0.05) is 12.3 Å². The summed E-state index contributed by atoms with van der Waals surface area (Å²) in [4.78, 5) is 8.32. The van der Waals surface area contributed by atoms with Crippen molar-refractivity contribution in [3.63, 3.8) is 0 Å². The second-order valence-electron chi connectivity index (χ2n) is 3.60. The Morgan fingerprint density at radius 1 is 1.38 bits per heavy atom. The van der Waals surface area contributed by atoms with E-state index in [1.165, 1.54) is 11.8 Å². The maximum Gasteiger partial charge on any atom is 0.244 e. The fraction of sp³-hybridized carbons (Fsp3) is 0.500. The van der Waals surface area contributed by atoms with Crippen molar-refractivity contribution in [2.45, 2.75) is 24.8 Å². The smallest absolute Gasteiger partial charge is 0.244 e. The van der Waals surface area contributed by atoms with Crippen LogP contribution >= 0.6 is 11.8 Å². The highest BCUT2D eigenvalue weighted by Gasteiger charge is 2.16. The van der Waals surface area contributed by atoms with Gasteiger partial charge < -0.3 is 4.43 Å². The van der Waals surface area contributed by atoms with E-state index >= 15 is 0 Å². The SMILES string of the molecule is CSc1nccc(O[Si](C)(C)C)n1. The van der Waals surface area contributed by atoms with Crippen LogP contribution in [-0.2, 0) is 0 Å². The van der Waals surface area contributed by atoms with Gasteiger partial charge in [0.1, 0.15) is 0 Å². The van der Waals surface area contributed by atoms with Crippen LogP contribution in [0.1, 0.15) is 0 Å². The van der Waals surface area contributed by atoms with Gasteiger partial charge in [0.15, 0.2) is 5.16 Å². The molecule has 1 rings (SSSR count). The van der Waals surface area contributed by atoms with Crippen LogP contribution in [0.5, 0.6) is 5.88 Å². The van der Waals surface area contributed by atoms with Crippen molar-refractivity contribution >= 4 is 20.1 Å². The third kappa shape index (κ3) is 3.78. The van der Waals surface area contributed by atoms with Crippen molar-refractivity contribution in [1.29, 1.82) is 0 Å². The highest BCUT2D eigenvalue weighted by Crippen LogP contribution is 2.15. The van der Waals surface area contributed by atoms with Crippen molar-refractivity contribution in [2.24, 2.45) is 0 Å². The van der Waals surface area contributed by atoms with Gasteiger partial charge in [-0.3, -0.25) is 0 Å². The lowest BCUT2D eigenvalue weighted by molar-refractivity contribution is 0.524. The summed E-state index contributed by atoms with van der Waals surface area (Å²) in [6.45, 7) is 6.40. The standard InChI is InChI=1S/C8H14N2OSSi/c1-12-8-9-6-5-7(10-8)11-13(2,3)4/h5-6H,1-4H3. The van der Waals surface area contributed by atoms with Crippen molar-refractivity contribution in [2.75, 3.05) is 6.26 Å². The number of hydrogen-bond acceptors (Lipinski definition) is 4. The molecule has 3 nitrogen and oxygen atoms in total. The lowest BCUT2D eigenvalue weighted by Gasteiger charge is -2.17. The van der Waals surface area contributed by atoms with Crippen molar-refractivity contribution < 1.29 is 4.43 Å². The average molecular weight is 214 g/mol. The molecule has 0 aliphatic carbocycles. The summed E-state index contributed by atoms with van der Waals surface area (Å²) in [5.74, 6) is 0.693. The summed E-state index contributed by atoms with van der Waals surface area (Å²) in [5, 5.41) is 0.760. The molecule has 1 aromatic heterocycles. The quantitative estimate of drug-likeness (QED) is 0.440. The predicted octanol–water partition coefficient (Wildman–Crippen LogP) is 2.41.